The molecule has 0 atom stereocenters. The second-order valence-electron chi connectivity index (χ2n) is 3.13. The van der Waals surface area contributed by atoms with Crippen molar-refractivity contribution in [3.63, 3.8) is 0 Å². The van der Waals surface area contributed by atoms with Gasteiger partial charge in [-0.3, -0.25) is 0 Å². The minimum Gasteiger partial charge on any atom is -0.330 e. The predicted molar refractivity (Wildman–Crippen MR) is 43.3 cm³/mol. The average Bonchev–Trinajstić information content (AvgIpc) is 2.05. The summed E-state index contributed by atoms with van der Waals surface area (Å²) in [7, 11) is 0. The van der Waals surface area contributed by atoms with Gasteiger partial charge in [0.2, 0.25) is 0 Å². The molecule has 2 heteroatoms. The molecule has 0 spiro atoms. The summed E-state index contributed by atoms with van der Waals surface area (Å²) in [5.41, 5.74) is 11.1. The van der Waals surface area contributed by atoms with Crippen LogP contribution in [0.2, 0.25) is 0 Å². The SMILES string of the molecule is NC[C]1CCC(CN)CC1. The summed E-state index contributed by atoms with van der Waals surface area (Å²) in [6.07, 6.45) is 4.97. The Bertz CT molecular complexity index is 73.3. The molecule has 4 N–H and O–H groups in total. The Morgan fingerprint density at radius 2 is 1.80 bits per heavy atom. The molecule has 59 valence electrons. The van der Waals surface area contributed by atoms with Gasteiger partial charge in [-0.05, 0) is 50.6 Å². The van der Waals surface area contributed by atoms with E-state index in [-0.39, 0.29) is 0 Å². The van der Waals surface area contributed by atoms with Crippen molar-refractivity contribution >= 4 is 0 Å². The van der Waals surface area contributed by atoms with Crippen LogP contribution in [0.4, 0.5) is 0 Å². The first kappa shape index (κ1) is 8.02. The van der Waals surface area contributed by atoms with Crippen molar-refractivity contribution in [3.05, 3.63) is 5.92 Å². The highest BCUT2D eigenvalue weighted by Gasteiger charge is 2.18. The summed E-state index contributed by atoms with van der Waals surface area (Å²) >= 11 is 0. The van der Waals surface area contributed by atoms with Crippen LogP contribution in [-0.4, -0.2) is 13.1 Å². The molecule has 0 aromatic rings. The van der Waals surface area contributed by atoms with Gasteiger partial charge in [0.1, 0.15) is 0 Å². The van der Waals surface area contributed by atoms with Gasteiger partial charge >= 0.3 is 0 Å². The van der Waals surface area contributed by atoms with Crippen molar-refractivity contribution in [3.8, 4) is 0 Å². The van der Waals surface area contributed by atoms with Crippen LogP contribution >= 0.6 is 0 Å². The molecule has 10 heavy (non-hydrogen) atoms. The number of rotatable bonds is 2. The molecule has 0 aromatic heterocycles. The maximum absolute atomic E-state index is 5.55. The standard InChI is InChI=1S/C8H17N2/c9-5-7-1-2-8(6-10)4-3-7/h7H,1-6,9-10H2. The van der Waals surface area contributed by atoms with E-state index in [1.807, 2.05) is 0 Å². The second-order valence-corrected chi connectivity index (χ2v) is 3.13. The summed E-state index contributed by atoms with van der Waals surface area (Å²) in [6, 6.07) is 0. The lowest BCUT2D eigenvalue weighted by Crippen LogP contribution is -2.24. The van der Waals surface area contributed by atoms with Crippen molar-refractivity contribution in [1.82, 2.24) is 0 Å². The second kappa shape index (κ2) is 3.94. The topological polar surface area (TPSA) is 52.0 Å². The fourth-order valence-electron chi connectivity index (χ4n) is 1.53. The molecule has 2 nitrogen and oxygen atoms in total. The molecule has 1 fully saturated rings. The molecule has 0 unspecified atom stereocenters. The van der Waals surface area contributed by atoms with E-state index in [0.29, 0.717) is 0 Å². The Morgan fingerprint density at radius 3 is 2.20 bits per heavy atom. The Labute approximate surface area is 63.0 Å². The smallest absolute Gasteiger partial charge is 0.00147 e. The summed E-state index contributed by atoms with van der Waals surface area (Å²) in [6.45, 7) is 1.65. The number of hydrogen-bond acceptors (Lipinski definition) is 2. The lowest BCUT2D eigenvalue weighted by atomic mass is 9.82. The minimum absolute atomic E-state index is 0.773. The molecule has 0 saturated heterocycles. The van der Waals surface area contributed by atoms with Gasteiger partial charge in [-0.25, -0.2) is 0 Å². The van der Waals surface area contributed by atoms with Gasteiger partial charge < -0.3 is 11.5 Å². The summed E-state index contributed by atoms with van der Waals surface area (Å²) in [5.74, 6) is 2.31. The highest BCUT2D eigenvalue weighted by Crippen LogP contribution is 2.28. The van der Waals surface area contributed by atoms with Crippen LogP contribution in [0, 0.1) is 11.8 Å². The molecule has 0 heterocycles. The maximum atomic E-state index is 5.55. The normalized spacial score (nSPS) is 23.4. The zero-order valence-electron chi connectivity index (χ0n) is 6.47. The average molecular weight is 141 g/mol. The van der Waals surface area contributed by atoms with E-state index in [0.717, 1.165) is 19.0 Å². The van der Waals surface area contributed by atoms with Crippen molar-refractivity contribution < 1.29 is 0 Å². The van der Waals surface area contributed by atoms with E-state index < -0.39 is 0 Å². The minimum atomic E-state index is 0.773. The Hall–Kier alpha value is -0.0800. The third kappa shape index (κ3) is 1.96. The van der Waals surface area contributed by atoms with Gasteiger partial charge in [-0.1, -0.05) is 0 Å². The fourth-order valence-corrected chi connectivity index (χ4v) is 1.53. The van der Waals surface area contributed by atoms with Gasteiger partial charge in [0.15, 0.2) is 0 Å². The van der Waals surface area contributed by atoms with Crippen molar-refractivity contribution in [2.75, 3.05) is 13.1 Å². The zero-order chi connectivity index (χ0) is 7.40. The molecule has 1 aliphatic rings. The molecule has 0 aromatic carbocycles. The number of nitrogens with two attached hydrogens (primary N) is 2. The maximum Gasteiger partial charge on any atom is -0.00147 e. The summed E-state index contributed by atoms with van der Waals surface area (Å²) in [5, 5.41) is 0. The quantitative estimate of drug-likeness (QED) is 0.594. The molecule has 1 radical (unpaired) electrons. The van der Waals surface area contributed by atoms with Gasteiger partial charge in [-0.15, -0.1) is 0 Å². The molecule has 1 rings (SSSR count). The van der Waals surface area contributed by atoms with Gasteiger partial charge in [-0.2, -0.15) is 0 Å². The lowest BCUT2D eigenvalue weighted by molar-refractivity contribution is 0.383. The van der Waals surface area contributed by atoms with E-state index in [1.165, 1.54) is 31.6 Å². The van der Waals surface area contributed by atoms with E-state index in [1.54, 1.807) is 0 Å². The monoisotopic (exact) mass is 141 g/mol. The first-order chi connectivity index (χ1) is 4.86. The van der Waals surface area contributed by atoms with Crippen molar-refractivity contribution in [2.24, 2.45) is 17.4 Å². The lowest BCUT2D eigenvalue weighted by Gasteiger charge is -2.25. The highest BCUT2D eigenvalue weighted by molar-refractivity contribution is 4.95. The highest BCUT2D eigenvalue weighted by atomic mass is 14.6. The third-order valence-electron chi connectivity index (χ3n) is 2.43. The molecular weight excluding hydrogens is 124 g/mol. The number of hydrogen-bond donors (Lipinski definition) is 2. The van der Waals surface area contributed by atoms with Crippen LogP contribution in [0.3, 0.4) is 0 Å². The zero-order valence-corrected chi connectivity index (χ0v) is 6.47. The molecule has 1 aliphatic carbocycles. The van der Waals surface area contributed by atoms with Crippen LogP contribution in [0.15, 0.2) is 0 Å². The molecular formula is C8H17N2. The van der Waals surface area contributed by atoms with Gasteiger partial charge in [0, 0.05) is 0 Å². The van der Waals surface area contributed by atoms with Crippen molar-refractivity contribution in [2.45, 2.75) is 25.7 Å². The van der Waals surface area contributed by atoms with E-state index in [9.17, 15) is 0 Å². The van der Waals surface area contributed by atoms with Gasteiger partial charge in [0.05, 0.1) is 0 Å². The van der Waals surface area contributed by atoms with Gasteiger partial charge in [0.25, 0.3) is 0 Å². The molecule has 1 saturated carbocycles. The third-order valence-corrected chi connectivity index (χ3v) is 2.43. The van der Waals surface area contributed by atoms with E-state index in [4.69, 9.17) is 11.5 Å². The Morgan fingerprint density at radius 1 is 1.20 bits per heavy atom. The predicted octanol–water partition coefficient (Wildman–Crippen LogP) is 0.668. The summed E-state index contributed by atoms with van der Waals surface area (Å²) < 4.78 is 0. The van der Waals surface area contributed by atoms with E-state index >= 15 is 0 Å². The molecule has 0 aliphatic heterocycles. The van der Waals surface area contributed by atoms with Crippen LogP contribution in [0.5, 0.6) is 0 Å². The van der Waals surface area contributed by atoms with Crippen LogP contribution in [-0.2, 0) is 0 Å². The fraction of sp³-hybridized carbons (Fsp3) is 0.875. The van der Waals surface area contributed by atoms with Crippen LogP contribution in [0.1, 0.15) is 25.7 Å². The van der Waals surface area contributed by atoms with Crippen LogP contribution < -0.4 is 11.5 Å². The van der Waals surface area contributed by atoms with Crippen LogP contribution in [0.25, 0.3) is 0 Å². The Balaban J connectivity index is 2.17. The largest absolute Gasteiger partial charge is 0.330 e. The van der Waals surface area contributed by atoms with E-state index in [2.05, 4.69) is 0 Å². The first-order valence-electron chi connectivity index (χ1n) is 4.10. The summed E-state index contributed by atoms with van der Waals surface area (Å²) in [4.78, 5) is 0. The molecule has 0 amide bonds. The van der Waals surface area contributed by atoms with Crippen molar-refractivity contribution in [1.29, 1.82) is 0 Å². The Kier molecular flexibility index (Phi) is 3.16. The first-order valence-corrected chi connectivity index (χ1v) is 4.10. The molecule has 0 bridgehead atoms.